The molecule has 21 heavy (non-hydrogen) atoms. The highest BCUT2D eigenvalue weighted by molar-refractivity contribution is 14.1. The second kappa shape index (κ2) is 5.44. The van der Waals surface area contributed by atoms with E-state index in [1.54, 1.807) is 18.2 Å². The number of rotatable bonds is 2. The molecule has 1 aromatic heterocycles. The summed E-state index contributed by atoms with van der Waals surface area (Å²) in [5.41, 5.74) is 7.55. The van der Waals surface area contributed by atoms with Gasteiger partial charge in [-0.1, -0.05) is 17.3 Å². The van der Waals surface area contributed by atoms with E-state index in [1.165, 1.54) is 24.3 Å². The summed E-state index contributed by atoms with van der Waals surface area (Å²) in [6.07, 6.45) is 0. The van der Waals surface area contributed by atoms with Gasteiger partial charge in [0.05, 0.1) is 5.56 Å². The van der Waals surface area contributed by atoms with E-state index in [0.717, 1.165) is 0 Å². The first kappa shape index (κ1) is 14.0. The number of aromatic nitrogens is 1. The Morgan fingerprint density at radius 2 is 1.81 bits per heavy atom. The summed E-state index contributed by atoms with van der Waals surface area (Å²) in [5.74, 6) is -0.172. The lowest BCUT2D eigenvalue weighted by molar-refractivity contribution is 0.436. The number of anilines is 1. The van der Waals surface area contributed by atoms with Crippen molar-refractivity contribution in [1.82, 2.24) is 5.16 Å². The normalized spacial score (nSPS) is 10.8. The number of halogens is 3. The molecule has 2 N–H and O–H groups in total. The molecule has 0 unspecified atom stereocenters. The SMILES string of the molecule is Nc1noc(-c2ccc(F)cc2I)c1-c1cccc(F)c1. The molecule has 0 aliphatic rings. The van der Waals surface area contributed by atoms with Gasteiger partial charge in [-0.25, -0.2) is 8.78 Å². The summed E-state index contributed by atoms with van der Waals surface area (Å²) < 4.78 is 32.6. The Bertz CT molecular complexity index is 817. The number of hydrogen-bond acceptors (Lipinski definition) is 3. The Balaban J connectivity index is 2.22. The number of nitrogens with two attached hydrogens (primary N) is 1. The molecule has 2 aromatic carbocycles. The molecular weight excluding hydrogens is 389 g/mol. The molecule has 1 heterocycles. The van der Waals surface area contributed by atoms with Crippen LogP contribution in [0.5, 0.6) is 0 Å². The summed E-state index contributed by atoms with van der Waals surface area (Å²) in [6, 6.07) is 10.3. The van der Waals surface area contributed by atoms with Gasteiger partial charge >= 0.3 is 0 Å². The van der Waals surface area contributed by atoms with Gasteiger partial charge in [0.25, 0.3) is 0 Å². The molecule has 0 amide bonds. The molecule has 0 spiro atoms. The molecule has 3 rings (SSSR count). The van der Waals surface area contributed by atoms with Crippen LogP contribution in [0.15, 0.2) is 47.0 Å². The van der Waals surface area contributed by atoms with Gasteiger partial charge in [-0.3, -0.25) is 0 Å². The fourth-order valence-electron chi connectivity index (χ4n) is 2.08. The van der Waals surface area contributed by atoms with Crippen molar-refractivity contribution in [3.63, 3.8) is 0 Å². The number of benzene rings is 2. The molecule has 3 nitrogen and oxygen atoms in total. The Morgan fingerprint density at radius 1 is 1.05 bits per heavy atom. The van der Waals surface area contributed by atoms with E-state index in [9.17, 15) is 8.78 Å². The monoisotopic (exact) mass is 398 g/mol. The van der Waals surface area contributed by atoms with Crippen LogP contribution in [0.2, 0.25) is 0 Å². The van der Waals surface area contributed by atoms with Crippen molar-refractivity contribution in [3.8, 4) is 22.5 Å². The molecule has 0 bridgehead atoms. The highest BCUT2D eigenvalue weighted by atomic mass is 127. The first-order valence-corrected chi connectivity index (χ1v) is 7.10. The lowest BCUT2D eigenvalue weighted by Crippen LogP contribution is -1.91. The average Bonchev–Trinajstić information content (AvgIpc) is 2.80. The van der Waals surface area contributed by atoms with Crippen LogP contribution in [0.3, 0.4) is 0 Å². The van der Waals surface area contributed by atoms with Crippen molar-refractivity contribution < 1.29 is 13.3 Å². The Hall–Kier alpha value is -1.96. The van der Waals surface area contributed by atoms with Crippen LogP contribution in [-0.4, -0.2) is 5.16 Å². The minimum atomic E-state index is -0.382. The van der Waals surface area contributed by atoms with Crippen LogP contribution in [0.4, 0.5) is 14.6 Å². The summed E-state index contributed by atoms with van der Waals surface area (Å²) in [5, 5.41) is 3.75. The zero-order valence-electron chi connectivity index (χ0n) is 10.6. The zero-order chi connectivity index (χ0) is 15.0. The fraction of sp³-hybridized carbons (Fsp3) is 0. The second-order valence-electron chi connectivity index (χ2n) is 4.41. The van der Waals surface area contributed by atoms with Crippen LogP contribution in [0, 0.1) is 15.2 Å². The predicted molar refractivity (Wildman–Crippen MR) is 84.4 cm³/mol. The second-order valence-corrected chi connectivity index (χ2v) is 5.57. The maximum absolute atomic E-state index is 13.4. The topological polar surface area (TPSA) is 52.0 Å². The fourth-order valence-corrected chi connectivity index (χ4v) is 2.81. The molecule has 0 aliphatic heterocycles. The Kier molecular flexibility index (Phi) is 3.62. The molecule has 0 saturated heterocycles. The Morgan fingerprint density at radius 3 is 2.52 bits per heavy atom. The molecule has 0 radical (unpaired) electrons. The molecule has 106 valence electrons. The highest BCUT2D eigenvalue weighted by Gasteiger charge is 2.20. The van der Waals surface area contributed by atoms with Gasteiger partial charge in [0, 0.05) is 9.13 Å². The minimum Gasteiger partial charge on any atom is -0.380 e. The van der Waals surface area contributed by atoms with Crippen molar-refractivity contribution >= 4 is 28.4 Å². The predicted octanol–water partition coefficient (Wildman–Crippen LogP) is 4.47. The minimum absolute atomic E-state index is 0.163. The van der Waals surface area contributed by atoms with Crippen LogP contribution < -0.4 is 5.73 Å². The van der Waals surface area contributed by atoms with Crippen molar-refractivity contribution in [3.05, 3.63) is 57.7 Å². The first-order valence-electron chi connectivity index (χ1n) is 6.03. The molecular formula is C15H9F2IN2O. The van der Waals surface area contributed by atoms with Crippen molar-refractivity contribution in [1.29, 1.82) is 0 Å². The third kappa shape index (κ3) is 2.63. The van der Waals surface area contributed by atoms with Gasteiger partial charge in [-0.15, -0.1) is 0 Å². The average molecular weight is 398 g/mol. The van der Waals surface area contributed by atoms with E-state index in [1.807, 2.05) is 22.6 Å². The van der Waals surface area contributed by atoms with Gasteiger partial charge in [-0.05, 0) is 58.5 Å². The molecule has 0 atom stereocenters. The third-order valence-corrected chi connectivity index (χ3v) is 3.90. The van der Waals surface area contributed by atoms with E-state index in [4.69, 9.17) is 10.3 Å². The highest BCUT2D eigenvalue weighted by Crippen LogP contribution is 2.38. The van der Waals surface area contributed by atoms with Gasteiger partial charge in [-0.2, -0.15) is 0 Å². The van der Waals surface area contributed by atoms with Crippen LogP contribution >= 0.6 is 22.6 Å². The van der Waals surface area contributed by atoms with E-state index in [-0.39, 0.29) is 17.5 Å². The van der Waals surface area contributed by atoms with Gasteiger partial charge in [0.1, 0.15) is 11.6 Å². The van der Waals surface area contributed by atoms with E-state index >= 15 is 0 Å². The van der Waals surface area contributed by atoms with E-state index in [2.05, 4.69) is 5.16 Å². The summed E-state index contributed by atoms with van der Waals surface area (Å²) in [7, 11) is 0. The Labute approximate surface area is 132 Å². The summed E-state index contributed by atoms with van der Waals surface area (Å²) >= 11 is 2.00. The molecule has 0 aliphatic carbocycles. The lowest BCUT2D eigenvalue weighted by Gasteiger charge is -2.05. The van der Waals surface area contributed by atoms with Crippen LogP contribution in [-0.2, 0) is 0 Å². The standard InChI is InChI=1S/C15H9F2IN2O/c16-9-3-1-2-8(6-9)13-14(21-20-15(13)19)11-5-4-10(17)7-12(11)18/h1-7H,(H2,19,20). The van der Waals surface area contributed by atoms with Crippen molar-refractivity contribution in [2.24, 2.45) is 0 Å². The molecule has 6 heteroatoms. The largest absolute Gasteiger partial charge is 0.380 e. The third-order valence-electron chi connectivity index (χ3n) is 3.01. The van der Waals surface area contributed by atoms with Crippen molar-refractivity contribution in [2.75, 3.05) is 5.73 Å². The molecule has 3 aromatic rings. The molecule has 0 saturated carbocycles. The number of nitrogen functional groups attached to an aromatic ring is 1. The smallest absolute Gasteiger partial charge is 0.177 e. The quantitative estimate of drug-likeness (QED) is 0.648. The zero-order valence-corrected chi connectivity index (χ0v) is 12.8. The summed E-state index contributed by atoms with van der Waals surface area (Å²) in [4.78, 5) is 0. The van der Waals surface area contributed by atoms with E-state index in [0.29, 0.717) is 26.0 Å². The van der Waals surface area contributed by atoms with E-state index < -0.39 is 0 Å². The van der Waals surface area contributed by atoms with Gasteiger partial charge in [0.2, 0.25) is 0 Å². The van der Waals surface area contributed by atoms with Crippen LogP contribution in [0.25, 0.3) is 22.5 Å². The summed E-state index contributed by atoms with van der Waals surface area (Å²) in [6.45, 7) is 0. The first-order chi connectivity index (χ1) is 10.1. The molecule has 0 fully saturated rings. The van der Waals surface area contributed by atoms with Crippen molar-refractivity contribution in [2.45, 2.75) is 0 Å². The lowest BCUT2D eigenvalue weighted by atomic mass is 10.0. The van der Waals surface area contributed by atoms with Gasteiger partial charge in [0.15, 0.2) is 11.6 Å². The van der Waals surface area contributed by atoms with Crippen LogP contribution in [0.1, 0.15) is 0 Å². The maximum Gasteiger partial charge on any atom is 0.177 e. The number of nitrogens with zero attached hydrogens (tertiary/aromatic N) is 1. The van der Waals surface area contributed by atoms with Gasteiger partial charge < -0.3 is 10.3 Å². The number of hydrogen-bond donors (Lipinski definition) is 1. The maximum atomic E-state index is 13.4.